The van der Waals surface area contributed by atoms with Gasteiger partial charge in [0.1, 0.15) is 11.5 Å². The molecule has 1 aromatic heterocycles. The summed E-state index contributed by atoms with van der Waals surface area (Å²) in [4.78, 5) is 27.2. The molecule has 7 heteroatoms. The van der Waals surface area contributed by atoms with Crippen molar-refractivity contribution < 1.29 is 19.1 Å². The molecule has 146 valence electrons. The molecule has 0 unspecified atom stereocenters. The maximum absolute atomic E-state index is 12.9. The van der Waals surface area contributed by atoms with Gasteiger partial charge in [-0.05, 0) is 54.1 Å². The summed E-state index contributed by atoms with van der Waals surface area (Å²) in [6.07, 6.45) is 1.51. The smallest absolute Gasteiger partial charge is 0.296 e. The van der Waals surface area contributed by atoms with Crippen LogP contribution in [0.3, 0.4) is 0 Å². The van der Waals surface area contributed by atoms with Crippen molar-refractivity contribution >= 4 is 45.0 Å². The Hall–Kier alpha value is -2.83. The summed E-state index contributed by atoms with van der Waals surface area (Å²) in [5.74, 6) is -1.13. The molecule has 5 nitrogen and oxygen atoms in total. The number of hydrogen-bond acceptors (Lipinski definition) is 4. The second kappa shape index (κ2) is 7.89. The number of halogens is 2. The molecule has 1 aliphatic heterocycles. The maximum atomic E-state index is 12.9. The van der Waals surface area contributed by atoms with Crippen LogP contribution in [-0.2, 0) is 16.1 Å². The molecule has 1 saturated heterocycles. The minimum absolute atomic E-state index is 0.0335. The first kappa shape index (κ1) is 19.5. The second-order valence-corrected chi connectivity index (χ2v) is 7.92. The first-order valence-corrected chi connectivity index (χ1v) is 9.95. The van der Waals surface area contributed by atoms with Gasteiger partial charge in [0.15, 0.2) is 0 Å². The number of hydrogen-bond donors (Lipinski definition) is 1. The van der Waals surface area contributed by atoms with Gasteiger partial charge in [-0.3, -0.25) is 9.59 Å². The van der Waals surface area contributed by atoms with E-state index < -0.39 is 17.7 Å². The highest BCUT2D eigenvalue weighted by Crippen LogP contribution is 2.40. The number of amides is 1. The molecule has 29 heavy (non-hydrogen) atoms. The SMILES string of the molecule is O=C1C(=O)N(Cc2ccco2)[C@H](c2ccc(Br)cc2)/C1=C(\O)c1ccc(Cl)cc1. The molecule has 1 amide bonds. The Bertz CT molecular complexity index is 1090. The van der Waals surface area contributed by atoms with Gasteiger partial charge in [0.05, 0.1) is 24.4 Å². The fourth-order valence-corrected chi connectivity index (χ4v) is 3.76. The van der Waals surface area contributed by atoms with Crippen LogP contribution >= 0.6 is 27.5 Å². The van der Waals surface area contributed by atoms with E-state index in [-0.39, 0.29) is 17.9 Å². The largest absolute Gasteiger partial charge is 0.507 e. The molecular formula is C22H15BrClNO4. The van der Waals surface area contributed by atoms with E-state index in [4.69, 9.17) is 16.0 Å². The molecule has 0 radical (unpaired) electrons. The monoisotopic (exact) mass is 471 g/mol. The number of aliphatic hydroxyl groups is 1. The first-order chi connectivity index (χ1) is 14.0. The molecule has 1 N–H and O–H groups in total. The van der Waals surface area contributed by atoms with Crippen LogP contribution in [0.2, 0.25) is 5.02 Å². The van der Waals surface area contributed by atoms with E-state index in [9.17, 15) is 14.7 Å². The van der Waals surface area contributed by atoms with Gasteiger partial charge in [-0.2, -0.15) is 0 Å². The average Bonchev–Trinajstić information content (AvgIpc) is 3.31. The standard InChI is InChI=1S/C22H15BrClNO4/c23-15-7-3-13(4-8-15)19-18(20(26)14-5-9-16(24)10-6-14)21(27)22(28)25(19)12-17-2-1-11-29-17/h1-11,19,26H,12H2/b20-18+/t19-/m1/s1. The van der Waals surface area contributed by atoms with E-state index in [1.54, 1.807) is 36.4 Å². The molecule has 2 aromatic carbocycles. The number of rotatable bonds is 4. The van der Waals surface area contributed by atoms with Crippen LogP contribution in [0.1, 0.15) is 22.9 Å². The van der Waals surface area contributed by atoms with E-state index >= 15 is 0 Å². The molecule has 0 saturated carbocycles. The number of aliphatic hydroxyl groups excluding tert-OH is 1. The van der Waals surface area contributed by atoms with Gasteiger partial charge in [-0.25, -0.2) is 0 Å². The van der Waals surface area contributed by atoms with Crippen LogP contribution in [-0.4, -0.2) is 21.7 Å². The highest BCUT2D eigenvalue weighted by atomic mass is 79.9. The Morgan fingerprint density at radius 3 is 2.38 bits per heavy atom. The van der Waals surface area contributed by atoms with Crippen molar-refractivity contribution in [2.45, 2.75) is 12.6 Å². The number of nitrogens with zero attached hydrogens (tertiary/aromatic N) is 1. The van der Waals surface area contributed by atoms with Gasteiger partial charge < -0.3 is 14.4 Å². The lowest BCUT2D eigenvalue weighted by atomic mass is 9.95. The van der Waals surface area contributed by atoms with Gasteiger partial charge in [-0.15, -0.1) is 0 Å². The fourth-order valence-electron chi connectivity index (χ4n) is 3.37. The van der Waals surface area contributed by atoms with Crippen LogP contribution in [0.4, 0.5) is 0 Å². The minimum Gasteiger partial charge on any atom is -0.507 e. The Labute approximate surface area is 180 Å². The third-order valence-electron chi connectivity index (χ3n) is 4.75. The van der Waals surface area contributed by atoms with Gasteiger partial charge >= 0.3 is 0 Å². The quantitative estimate of drug-likeness (QED) is 0.317. The summed E-state index contributed by atoms with van der Waals surface area (Å²) in [5, 5.41) is 11.4. The van der Waals surface area contributed by atoms with Crippen molar-refractivity contribution in [1.82, 2.24) is 4.90 Å². The zero-order chi connectivity index (χ0) is 20.5. The zero-order valence-corrected chi connectivity index (χ0v) is 17.4. The number of Topliss-reactive ketones (excluding diaryl/α,β-unsaturated/α-hetero) is 1. The van der Waals surface area contributed by atoms with Crippen molar-refractivity contribution in [3.63, 3.8) is 0 Å². The van der Waals surface area contributed by atoms with Crippen molar-refractivity contribution in [2.24, 2.45) is 0 Å². The van der Waals surface area contributed by atoms with Crippen molar-refractivity contribution in [2.75, 3.05) is 0 Å². The topological polar surface area (TPSA) is 70.8 Å². The maximum Gasteiger partial charge on any atom is 0.296 e. The van der Waals surface area contributed by atoms with Crippen LogP contribution in [0.5, 0.6) is 0 Å². The average molecular weight is 473 g/mol. The highest BCUT2D eigenvalue weighted by Gasteiger charge is 2.46. The molecule has 1 aliphatic rings. The van der Waals surface area contributed by atoms with E-state index in [1.165, 1.54) is 11.2 Å². The number of ketones is 1. The number of benzene rings is 2. The minimum atomic E-state index is -0.746. The summed E-state index contributed by atoms with van der Waals surface area (Å²) in [7, 11) is 0. The third kappa shape index (κ3) is 3.73. The first-order valence-electron chi connectivity index (χ1n) is 8.78. The van der Waals surface area contributed by atoms with Crippen molar-refractivity contribution in [3.05, 3.63) is 98.9 Å². The van der Waals surface area contributed by atoms with E-state index in [2.05, 4.69) is 15.9 Å². The molecule has 2 heterocycles. The summed E-state index contributed by atoms with van der Waals surface area (Å²) in [5.41, 5.74) is 1.15. The Morgan fingerprint density at radius 1 is 1.07 bits per heavy atom. The molecule has 0 bridgehead atoms. The normalized spacial score (nSPS) is 18.4. The fraction of sp³-hybridized carbons (Fsp3) is 0.0909. The van der Waals surface area contributed by atoms with Gasteiger partial charge in [-0.1, -0.05) is 39.7 Å². The van der Waals surface area contributed by atoms with Gasteiger partial charge in [0, 0.05) is 15.1 Å². The summed E-state index contributed by atoms with van der Waals surface area (Å²) < 4.78 is 6.23. The lowest BCUT2D eigenvalue weighted by Crippen LogP contribution is -2.29. The van der Waals surface area contributed by atoms with Crippen LogP contribution in [0, 0.1) is 0 Å². The molecule has 0 aliphatic carbocycles. The lowest BCUT2D eigenvalue weighted by molar-refractivity contribution is -0.140. The molecule has 0 spiro atoms. The number of carbonyl (C=O) groups is 2. The predicted octanol–water partition coefficient (Wildman–Crippen LogP) is 5.32. The summed E-state index contributed by atoms with van der Waals surface area (Å²) in [6, 6.07) is 16.4. The van der Waals surface area contributed by atoms with Crippen LogP contribution in [0.15, 0.2) is 81.4 Å². The highest BCUT2D eigenvalue weighted by molar-refractivity contribution is 9.10. The van der Waals surface area contributed by atoms with Gasteiger partial charge in [0.2, 0.25) is 0 Å². The third-order valence-corrected chi connectivity index (χ3v) is 5.53. The zero-order valence-electron chi connectivity index (χ0n) is 15.0. The van der Waals surface area contributed by atoms with E-state index in [0.717, 1.165) is 4.47 Å². The van der Waals surface area contributed by atoms with Gasteiger partial charge in [0.25, 0.3) is 11.7 Å². The number of carbonyl (C=O) groups excluding carboxylic acids is 2. The molecule has 1 atom stereocenters. The Morgan fingerprint density at radius 2 is 1.76 bits per heavy atom. The van der Waals surface area contributed by atoms with Crippen LogP contribution < -0.4 is 0 Å². The number of furan rings is 1. The molecular weight excluding hydrogens is 458 g/mol. The lowest BCUT2D eigenvalue weighted by Gasteiger charge is -2.24. The van der Waals surface area contributed by atoms with E-state index in [0.29, 0.717) is 21.9 Å². The number of likely N-dealkylation sites (tertiary alicyclic amines) is 1. The van der Waals surface area contributed by atoms with Crippen LogP contribution in [0.25, 0.3) is 5.76 Å². The molecule has 3 aromatic rings. The Kier molecular flexibility index (Phi) is 5.30. The van der Waals surface area contributed by atoms with Crippen molar-refractivity contribution in [3.8, 4) is 0 Å². The van der Waals surface area contributed by atoms with Crippen molar-refractivity contribution in [1.29, 1.82) is 0 Å². The van der Waals surface area contributed by atoms with E-state index in [1.807, 2.05) is 24.3 Å². The summed E-state index contributed by atoms with van der Waals surface area (Å²) in [6.45, 7) is 0.107. The molecule has 1 fully saturated rings. The second-order valence-electron chi connectivity index (χ2n) is 6.56. The molecule has 4 rings (SSSR count). The summed E-state index contributed by atoms with van der Waals surface area (Å²) >= 11 is 9.32. The Balaban J connectivity index is 1.86. The predicted molar refractivity (Wildman–Crippen MR) is 112 cm³/mol.